The Bertz CT molecular complexity index is 2490. The van der Waals surface area contributed by atoms with Crippen LogP contribution < -0.4 is 31.6 Å². The Balaban J connectivity index is 0.0000119. The predicted octanol–water partition coefficient (Wildman–Crippen LogP) is 2.85. The van der Waals surface area contributed by atoms with Gasteiger partial charge in [0.25, 0.3) is 18.3 Å². The molecular weight excluding hydrogens is 940 g/mol. The molecule has 0 radical (unpaired) electrons. The van der Waals surface area contributed by atoms with E-state index in [1.165, 1.54) is 34.0 Å². The standard InChI is InChI=1S/C46H51N7O12S.Zn/c1-9-34(55)64-20-28(21-65-35(56)10-2)49-26(5)42(57)52-40-38(44(59)47-7)36(29-17-13-11-15-24(29)3)31(50-40)19-32-37(30-18-14-12-16-25(30)4)39(45(60)48-8)41(51-32)53-43(58)27(6)66-33(46(61)62)22-63-23-54;/h9-19,23,26-28,33,49H,1-2,20-22H2,3-8H3,(H6,47,48,50,51,52,53,57,58,59,60,61,62);/p-1. The number of thioether (sulfide) groups is 1. The molecule has 350 valence electrons. The van der Waals surface area contributed by atoms with Crippen LogP contribution in [0.2, 0.25) is 0 Å². The van der Waals surface area contributed by atoms with E-state index in [2.05, 4.69) is 44.5 Å². The van der Waals surface area contributed by atoms with Crippen molar-refractivity contribution in [3.63, 3.8) is 0 Å². The molecule has 0 spiro atoms. The molecule has 6 N–H and O–H groups in total. The molecule has 0 aliphatic carbocycles. The molecule has 1 aliphatic rings. The third-order valence-electron chi connectivity index (χ3n) is 9.84. The van der Waals surface area contributed by atoms with Crippen LogP contribution in [0.15, 0.2) is 90.1 Å². The van der Waals surface area contributed by atoms with Crippen molar-refractivity contribution < 1.29 is 77.2 Å². The van der Waals surface area contributed by atoms with Crippen LogP contribution in [0.25, 0.3) is 22.8 Å². The fourth-order valence-corrected chi connectivity index (χ4v) is 7.47. The molecule has 4 rings (SSSR count). The maximum Gasteiger partial charge on any atom is 0.330 e. The van der Waals surface area contributed by atoms with Gasteiger partial charge in [-0.05, 0) is 73.1 Å². The summed E-state index contributed by atoms with van der Waals surface area (Å²) in [6, 6.07) is 12.3. The molecule has 67 heavy (non-hydrogen) atoms. The van der Waals surface area contributed by atoms with Crippen molar-refractivity contribution in [1.29, 1.82) is 0 Å². The van der Waals surface area contributed by atoms with Crippen molar-refractivity contribution >= 4 is 83.1 Å². The molecule has 19 nitrogen and oxygen atoms in total. The second-order valence-corrected chi connectivity index (χ2v) is 15.9. The maximum absolute atomic E-state index is 14.0. The third-order valence-corrected chi connectivity index (χ3v) is 11.1. The molecular formula is C46H50N7O12SZn-. The van der Waals surface area contributed by atoms with Crippen LogP contribution in [-0.4, -0.2) is 115 Å². The van der Waals surface area contributed by atoms with E-state index < -0.39 is 70.7 Å². The van der Waals surface area contributed by atoms with E-state index in [4.69, 9.17) is 19.5 Å². The number of carbonyl (C=O) groups excluding carboxylic acids is 7. The van der Waals surface area contributed by atoms with Crippen molar-refractivity contribution in [3.8, 4) is 11.1 Å². The number of allylic oxidation sites excluding steroid dienone is 1. The number of aliphatic imine (C=N–C) groups is 1. The first-order valence-electron chi connectivity index (χ1n) is 20.2. The second-order valence-electron chi connectivity index (χ2n) is 14.4. The van der Waals surface area contributed by atoms with E-state index in [1.807, 2.05) is 26.0 Å². The van der Waals surface area contributed by atoms with E-state index in [0.717, 1.165) is 23.3 Å². The molecule has 0 fully saturated rings. The van der Waals surface area contributed by atoms with Gasteiger partial charge in [-0.1, -0.05) is 61.7 Å². The molecule has 21 heteroatoms. The number of hydrogen-bond acceptors (Lipinski definition) is 14. The molecule has 1 aliphatic heterocycles. The summed E-state index contributed by atoms with van der Waals surface area (Å²) >= 11 is 0.716. The quantitative estimate of drug-likeness (QED) is 0.0278. The summed E-state index contributed by atoms with van der Waals surface area (Å²) in [5, 5.41) is 21.0. The van der Waals surface area contributed by atoms with E-state index in [0.29, 0.717) is 22.9 Å². The van der Waals surface area contributed by atoms with Gasteiger partial charge >= 0.3 is 17.9 Å². The van der Waals surface area contributed by atoms with Crippen molar-refractivity contribution in [1.82, 2.24) is 26.3 Å². The van der Waals surface area contributed by atoms with Crippen LogP contribution in [0.1, 0.15) is 46.6 Å². The number of carboxylic acid groups (broad SMARTS) is 1. The molecule has 3 aromatic rings. The summed E-state index contributed by atoms with van der Waals surface area (Å²) < 4.78 is 14.9. The predicted molar refractivity (Wildman–Crippen MR) is 247 cm³/mol. The van der Waals surface area contributed by atoms with Crippen LogP contribution in [-0.2, 0) is 67.3 Å². The minimum atomic E-state index is -1.32. The number of aliphatic carboxylic acids is 1. The third kappa shape index (κ3) is 14.0. The van der Waals surface area contributed by atoms with Crippen LogP contribution >= 0.6 is 11.8 Å². The SMILES string of the molecule is C=CC(=O)OCC(COC(=O)C=C)NC(C)C(=O)NC1=N/C(=C\c2[n-]c(NC(=O)C(C)SC(COC=O)C(=O)O)c(C(=O)NC)c2-c2ccccc2C)C(c2ccccc2C)=C1C(=O)NC.[Zn]. The molecule has 4 amide bonds. The monoisotopic (exact) mass is 988 g/mol. The Kier molecular flexibility index (Phi) is 20.8. The zero-order valence-electron chi connectivity index (χ0n) is 37.7. The molecule has 0 saturated heterocycles. The summed E-state index contributed by atoms with van der Waals surface area (Å²) in [6.07, 6.45) is 3.42. The maximum atomic E-state index is 14.0. The number of aryl methyl sites for hydroxylation is 2. The summed E-state index contributed by atoms with van der Waals surface area (Å²) in [5.41, 5.74) is 3.27. The van der Waals surface area contributed by atoms with Crippen LogP contribution in [0.5, 0.6) is 0 Å². The zero-order chi connectivity index (χ0) is 48.7. The minimum Gasteiger partial charge on any atom is -0.480 e. The molecule has 0 saturated carbocycles. The summed E-state index contributed by atoms with van der Waals surface area (Å²) in [7, 11) is 2.80. The number of benzene rings is 2. The Morgan fingerprint density at radius 1 is 0.821 bits per heavy atom. The number of hydrogen-bond donors (Lipinski definition) is 6. The van der Waals surface area contributed by atoms with Gasteiger partial charge in [0.15, 0.2) is 5.91 Å². The number of rotatable bonds is 22. The van der Waals surface area contributed by atoms with Gasteiger partial charge in [-0.25, -0.2) is 14.6 Å². The van der Waals surface area contributed by atoms with Crippen molar-refractivity contribution in [3.05, 3.63) is 113 Å². The average molecular weight is 990 g/mol. The molecule has 0 bridgehead atoms. The normalized spacial score (nSPS) is 13.8. The largest absolute Gasteiger partial charge is 0.480 e. The molecule has 2 heterocycles. The number of amides is 4. The van der Waals surface area contributed by atoms with E-state index in [9.17, 15) is 43.5 Å². The number of nitrogens with one attached hydrogen (secondary N) is 5. The minimum absolute atomic E-state index is 0. The Hall–Kier alpha value is -6.96. The van der Waals surface area contributed by atoms with Crippen LogP contribution in [0.4, 0.5) is 5.82 Å². The van der Waals surface area contributed by atoms with E-state index in [1.54, 1.807) is 36.4 Å². The smallest absolute Gasteiger partial charge is 0.330 e. The first-order valence-corrected chi connectivity index (χ1v) is 21.2. The Morgan fingerprint density at radius 3 is 1.91 bits per heavy atom. The molecule has 3 atom stereocenters. The van der Waals surface area contributed by atoms with E-state index >= 15 is 0 Å². The molecule has 3 unspecified atom stereocenters. The number of aromatic nitrogens is 1. The first kappa shape index (κ1) is 54.4. The summed E-state index contributed by atoms with van der Waals surface area (Å²) in [6.45, 7) is 12.3. The van der Waals surface area contributed by atoms with Crippen LogP contribution in [0, 0.1) is 13.8 Å². The van der Waals surface area contributed by atoms with Gasteiger partial charge in [-0.2, -0.15) is 0 Å². The number of ether oxygens (including phenoxy) is 3. The number of amidine groups is 1. The van der Waals surface area contributed by atoms with Gasteiger partial charge in [-0.3, -0.25) is 34.1 Å². The topological polar surface area (TPSA) is 271 Å². The van der Waals surface area contributed by atoms with Gasteiger partial charge in [0.2, 0.25) is 5.91 Å². The Labute approximate surface area is 403 Å². The second kappa shape index (κ2) is 25.7. The van der Waals surface area contributed by atoms with Crippen LogP contribution in [0.3, 0.4) is 0 Å². The fraction of sp³-hybridized carbons (Fsp3) is 0.283. The van der Waals surface area contributed by atoms with E-state index in [-0.39, 0.29) is 84.5 Å². The number of carboxylic acids is 1. The van der Waals surface area contributed by atoms with Gasteiger partial charge in [0.1, 0.15) is 30.9 Å². The summed E-state index contributed by atoms with van der Waals surface area (Å²) in [4.78, 5) is 111. The van der Waals surface area contributed by atoms with Gasteiger partial charge in [-0.15, -0.1) is 11.8 Å². The number of carbonyl (C=O) groups is 8. The van der Waals surface area contributed by atoms with Gasteiger partial charge in [0.05, 0.1) is 28.6 Å². The Morgan fingerprint density at radius 2 is 1.39 bits per heavy atom. The molecule has 1 aromatic heterocycles. The fourth-order valence-electron chi connectivity index (χ4n) is 6.52. The van der Waals surface area contributed by atoms with Crippen molar-refractivity contribution in [2.45, 2.75) is 50.3 Å². The average Bonchev–Trinajstić information content (AvgIpc) is 3.84. The number of nitrogens with zero attached hydrogens (tertiary/aromatic N) is 2. The summed E-state index contributed by atoms with van der Waals surface area (Å²) in [5.74, 6) is -5.82. The zero-order valence-corrected chi connectivity index (χ0v) is 41.5. The van der Waals surface area contributed by atoms with Gasteiger partial charge < -0.3 is 45.6 Å². The van der Waals surface area contributed by atoms with Crippen molar-refractivity contribution in [2.24, 2.45) is 4.99 Å². The molecule has 2 aromatic carbocycles. The number of esters is 2. The first-order chi connectivity index (χ1) is 31.5. The number of likely N-dealkylation sites (N-methyl/N-ethyl adjacent to an activating group) is 1. The van der Waals surface area contributed by atoms with Gasteiger partial charge in [0, 0.05) is 56.9 Å². The van der Waals surface area contributed by atoms with Crippen molar-refractivity contribution in [2.75, 3.05) is 39.2 Å². The number of anilines is 1.